The van der Waals surface area contributed by atoms with E-state index in [-0.39, 0.29) is 24.0 Å². The summed E-state index contributed by atoms with van der Waals surface area (Å²) in [6.45, 7) is 8.19. The van der Waals surface area contributed by atoms with Gasteiger partial charge in [-0.2, -0.15) is 0 Å². The van der Waals surface area contributed by atoms with E-state index >= 15 is 0 Å². The van der Waals surface area contributed by atoms with Gasteiger partial charge >= 0.3 is 0 Å². The number of guanidine groups is 1. The van der Waals surface area contributed by atoms with E-state index in [2.05, 4.69) is 56.2 Å². The van der Waals surface area contributed by atoms with Gasteiger partial charge in [0.1, 0.15) is 12.2 Å². The summed E-state index contributed by atoms with van der Waals surface area (Å²) in [6.07, 6.45) is 4.88. The molecule has 0 spiro atoms. The minimum atomic E-state index is 0. The molecular formula is C21H31IN6O. The monoisotopic (exact) mass is 510 g/mol. The third-order valence-electron chi connectivity index (χ3n) is 5.60. The van der Waals surface area contributed by atoms with Crippen LogP contribution in [0.25, 0.3) is 0 Å². The molecule has 1 N–H and O–H groups in total. The highest BCUT2D eigenvalue weighted by Crippen LogP contribution is 2.19. The molecule has 4 rings (SSSR count). The molecular weight excluding hydrogens is 479 g/mol. The van der Waals surface area contributed by atoms with Gasteiger partial charge in [-0.25, -0.2) is 0 Å². The van der Waals surface area contributed by atoms with Crippen LogP contribution in [0.15, 0.2) is 35.6 Å². The van der Waals surface area contributed by atoms with Crippen LogP contribution in [0.4, 0.5) is 0 Å². The minimum Gasteiger partial charge on any atom is -0.381 e. The quantitative estimate of drug-likeness (QED) is 0.368. The molecule has 7 nitrogen and oxygen atoms in total. The maximum atomic E-state index is 5.52. The Bertz CT molecular complexity index is 802. The number of fused-ring (bicyclic) bond motifs is 1. The van der Waals surface area contributed by atoms with Gasteiger partial charge in [-0.05, 0) is 24.0 Å². The topological polar surface area (TPSA) is 67.6 Å². The SMILES string of the molecule is CCc1nncn1CCNC(=NCC1CCOC1)N1CCc2ccccc2C1.I. The molecule has 8 heteroatoms. The Kier molecular flexibility index (Phi) is 8.29. The lowest BCUT2D eigenvalue weighted by Gasteiger charge is -2.32. The highest BCUT2D eigenvalue weighted by Gasteiger charge is 2.20. The summed E-state index contributed by atoms with van der Waals surface area (Å²) >= 11 is 0. The molecule has 1 unspecified atom stereocenters. The average Bonchev–Trinajstić information content (AvgIpc) is 3.42. The van der Waals surface area contributed by atoms with Crippen molar-refractivity contribution in [1.29, 1.82) is 0 Å². The number of benzene rings is 1. The zero-order valence-corrected chi connectivity index (χ0v) is 19.4. The van der Waals surface area contributed by atoms with Crippen molar-refractivity contribution in [3.63, 3.8) is 0 Å². The summed E-state index contributed by atoms with van der Waals surface area (Å²) in [4.78, 5) is 7.35. The number of halogens is 1. The second-order valence-electron chi connectivity index (χ2n) is 7.56. The van der Waals surface area contributed by atoms with Crippen molar-refractivity contribution in [3.8, 4) is 0 Å². The van der Waals surface area contributed by atoms with Crippen molar-refractivity contribution < 1.29 is 4.74 Å². The van der Waals surface area contributed by atoms with Gasteiger partial charge < -0.3 is 19.5 Å². The van der Waals surface area contributed by atoms with E-state index in [4.69, 9.17) is 9.73 Å². The zero-order chi connectivity index (χ0) is 19.2. The molecule has 29 heavy (non-hydrogen) atoms. The molecule has 2 aliphatic heterocycles. The van der Waals surface area contributed by atoms with Gasteiger partial charge in [0.25, 0.3) is 0 Å². The summed E-state index contributed by atoms with van der Waals surface area (Å²) in [7, 11) is 0. The smallest absolute Gasteiger partial charge is 0.194 e. The molecule has 2 aliphatic rings. The van der Waals surface area contributed by atoms with Crippen molar-refractivity contribution in [3.05, 3.63) is 47.5 Å². The van der Waals surface area contributed by atoms with Crippen molar-refractivity contribution in [2.45, 2.75) is 39.3 Å². The standard InChI is InChI=1S/C21H30N6O.HI/c1-2-20-25-24-16-27(20)11-9-22-21(23-13-17-8-12-28-15-17)26-10-7-18-5-3-4-6-19(18)14-26;/h3-6,16-17H,2,7-15H2,1H3,(H,22,23);1H. The number of aliphatic imine (C=N–C) groups is 1. The summed E-state index contributed by atoms with van der Waals surface area (Å²) in [6, 6.07) is 8.73. The number of hydrogen-bond donors (Lipinski definition) is 1. The molecule has 0 radical (unpaired) electrons. The average molecular weight is 510 g/mol. The first-order valence-electron chi connectivity index (χ1n) is 10.4. The first kappa shape index (κ1) is 22.0. The molecule has 2 aromatic rings. The maximum Gasteiger partial charge on any atom is 0.194 e. The van der Waals surface area contributed by atoms with Gasteiger partial charge in [0.15, 0.2) is 5.96 Å². The lowest BCUT2D eigenvalue weighted by Crippen LogP contribution is -2.45. The van der Waals surface area contributed by atoms with Gasteiger partial charge in [0.05, 0.1) is 6.61 Å². The van der Waals surface area contributed by atoms with E-state index < -0.39 is 0 Å². The molecule has 0 amide bonds. The van der Waals surface area contributed by atoms with Crippen LogP contribution in [-0.4, -0.2) is 58.5 Å². The lowest BCUT2D eigenvalue weighted by atomic mass is 10.0. The van der Waals surface area contributed by atoms with Crippen LogP contribution in [0.2, 0.25) is 0 Å². The van der Waals surface area contributed by atoms with Crippen LogP contribution in [-0.2, 0) is 30.7 Å². The predicted octanol–water partition coefficient (Wildman–Crippen LogP) is 2.50. The number of nitrogens with zero attached hydrogens (tertiary/aromatic N) is 5. The molecule has 1 aromatic heterocycles. The third-order valence-corrected chi connectivity index (χ3v) is 5.60. The van der Waals surface area contributed by atoms with Gasteiger partial charge in [-0.15, -0.1) is 34.2 Å². The molecule has 1 atom stereocenters. The van der Waals surface area contributed by atoms with Crippen molar-refractivity contribution in [2.24, 2.45) is 10.9 Å². The highest BCUT2D eigenvalue weighted by molar-refractivity contribution is 14.0. The maximum absolute atomic E-state index is 5.52. The fraction of sp³-hybridized carbons (Fsp3) is 0.571. The number of aromatic nitrogens is 3. The molecule has 0 saturated carbocycles. The lowest BCUT2D eigenvalue weighted by molar-refractivity contribution is 0.187. The molecule has 1 saturated heterocycles. The van der Waals surface area contributed by atoms with Crippen LogP contribution < -0.4 is 5.32 Å². The Labute approximate surface area is 190 Å². The second-order valence-corrected chi connectivity index (χ2v) is 7.56. The molecule has 1 aromatic carbocycles. The van der Waals surface area contributed by atoms with Crippen molar-refractivity contribution >= 4 is 29.9 Å². The van der Waals surface area contributed by atoms with E-state index in [1.165, 1.54) is 11.1 Å². The van der Waals surface area contributed by atoms with Crippen LogP contribution in [0.3, 0.4) is 0 Å². The number of aryl methyl sites for hydroxylation is 1. The number of hydrogen-bond acceptors (Lipinski definition) is 4. The number of nitrogens with one attached hydrogen (secondary N) is 1. The fourth-order valence-electron chi connectivity index (χ4n) is 3.91. The third kappa shape index (κ3) is 5.69. The Morgan fingerprint density at radius 2 is 2.17 bits per heavy atom. The van der Waals surface area contributed by atoms with E-state index in [0.29, 0.717) is 5.92 Å². The molecule has 3 heterocycles. The van der Waals surface area contributed by atoms with E-state index in [0.717, 1.165) is 77.0 Å². The fourth-order valence-corrected chi connectivity index (χ4v) is 3.91. The van der Waals surface area contributed by atoms with Gasteiger partial charge in [-0.3, -0.25) is 4.99 Å². The highest BCUT2D eigenvalue weighted by atomic mass is 127. The summed E-state index contributed by atoms with van der Waals surface area (Å²) in [5, 5.41) is 11.8. The zero-order valence-electron chi connectivity index (χ0n) is 17.1. The molecule has 158 valence electrons. The van der Waals surface area contributed by atoms with Gasteiger partial charge in [0, 0.05) is 51.7 Å². The van der Waals surface area contributed by atoms with Gasteiger partial charge in [0.2, 0.25) is 0 Å². The molecule has 0 aliphatic carbocycles. The van der Waals surface area contributed by atoms with Crippen LogP contribution in [0, 0.1) is 5.92 Å². The Morgan fingerprint density at radius 1 is 1.31 bits per heavy atom. The van der Waals surface area contributed by atoms with Crippen molar-refractivity contribution in [1.82, 2.24) is 25.0 Å². The minimum absolute atomic E-state index is 0. The van der Waals surface area contributed by atoms with E-state index in [1.807, 2.05) is 6.33 Å². The summed E-state index contributed by atoms with van der Waals surface area (Å²) in [5.41, 5.74) is 2.86. The first-order chi connectivity index (χ1) is 13.8. The summed E-state index contributed by atoms with van der Waals surface area (Å²) < 4.78 is 7.63. The molecule has 0 bridgehead atoms. The Hall–Kier alpha value is -1.68. The largest absolute Gasteiger partial charge is 0.381 e. The normalized spacial score (nSPS) is 19.0. The number of rotatable bonds is 6. The predicted molar refractivity (Wildman–Crippen MR) is 125 cm³/mol. The van der Waals surface area contributed by atoms with Gasteiger partial charge in [-0.1, -0.05) is 31.2 Å². The Morgan fingerprint density at radius 3 is 2.97 bits per heavy atom. The van der Waals surface area contributed by atoms with Crippen molar-refractivity contribution in [2.75, 3.05) is 32.8 Å². The Balaban J connectivity index is 0.00000240. The molecule has 1 fully saturated rings. The first-order valence-corrected chi connectivity index (χ1v) is 10.4. The van der Waals surface area contributed by atoms with E-state index in [1.54, 1.807) is 0 Å². The van der Waals surface area contributed by atoms with Crippen LogP contribution in [0.5, 0.6) is 0 Å². The van der Waals surface area contributed by atoms with E-state index in [9.17, 15) is 0 Å². The van der Waals surface area contributed by atoms with Crippen LogP contribution in [0.1, 0.15) is 30.3 Å². The second kappa shape index (κ2) is 10.9. The van der Waals surface area contributed by atoms with Crippen LogP contribution >= 0.6 is 24.0 Å². The number of ether oxygens (including phenoxy) is 1. The summed E-state index contributed by atoms with van der Waals surface area (Å²) in [5.74, 6) is 2.57.